The molecule has 0 aromatic heterocycles. The van der Waals surface area contributed by atoms with Gasteiger partial charge in [-0.25, -0.2) is 0 Å². The van der Waals surface area contributed by atoms with Gasteiger partial charge in [0.25, 0.3) is 0 Å². The molecule has 2 heteroatoms. The molecule has 0 unspecified atom stereocenters. The van der Waals surface area contributed by atoms with Crippen molar-refractivity contribution < 1.29 is 0 Å². The van der Waals surface area contributed by atoms with Crippen molar-refractivity contribution in [1.29, 1.82) is 0 Å². The minimum atomic E-state index is 0.963. The molecule has 0 aliphatic heterocycles. The van der Waals surface area contributed by atoms with Crippen LogP contribution in [-0.4, -0.2) is 0 Å². The number of rotatable bonds is 9. The second-order valence-corrected chi connectivity index (χ2v) is 8.80. The van der Waals surface area contributed by atoms with Crippen molar-refractivity contribution in [2.24, 2.45) is 0 Å². The Bertz CT molecular complexity index is 1460. The van der Waals surface area contributed by atoms with Gasteiger partial charge in [0.2, 0.25) is 0 Å². The highest BCUT2D eigenvalue weighted by molar-refractivity contribution is 5.79. The Morgan fingerprint density at radius 3 is 1.24 bits per heavy atom. The van der Waals surface area contributed by atoms with Gasteiger partial charge in [-0.1, -0.05) is 98.1 Å². The first-order valence-corrected chi connectivity index (χ1v) is 12.7. The van der Waals surface area contributed by atoms with E-state index in [9.17, 15) is 0 Å². The Kier molecular flexibility index (Phi) is 7.62. The fourth-order valence-corrected chi connectivity index (χ4v) is 4.59. The van der Waals surface area contributed by atoms with Gasteiger partial charge in [-0.3, -0.25) is 0 Å². The van der Waals surface area contributed by atoms with E-state index in [0.29, 0.717) is 0 Å². The van der Waals surface area contributed by atoms with Crippen molar-refractivity contribution in [1.82, 2.24) is 0 Å². The largest absolute Gasteiger partial charge is 0.311 e. The predicted molar refractivity (Wildman–Crippen MR) is 164 cm³/mol. The van der Waals surface area contributed by atoms with Crippen molar-refractivity contribution >= 4 is 28.4 Å². The second kappa shape index (κ2) is 11.8. The standard InChI is InChI=1S/C36H30N2/c1-3-14-31(4-2)37(32-15-8-5-9-16-32)35-25-21-29(22-26-35)30-23-27-36(28-24-30)38(33-17-10-6-11-18-33)34-19-12-7-13-20-34/h3-28H,1-2H2/b31-14+. The molecule has 0 radical (unpaired) electrons. The maximum Gasteiger partial charge on any atom is 0.0462 e. The molecule has 0 fully saturated rings. The van der Waals surface area contributed by atoms with E-state index in [2.05, 4.69) is 132 Å². The minimum absolute atomic E-state index is 0.963. The number of para-hydroxylation sites is 3. The van der Waals surface area contributed by atoms with E-state index in [1.165, 1.54) is 5.56 Å². The molecule has 0 saturated heterocycles. The van der Waals surface area contributed by atoms with Gasteiger partial charge in [0.1, 0.15) is 0 Å². The zero-order chi connectivity index (χ0) is 26.2. The number of hydrogen-bond acceptors (Lipinski definition) is 2. The molecule has 5 aromatic carbocycles. The zero-order valence-electron chi connectivity index (χ0n) is 21.3. The molecule has 0 spiro atoms. The summed E-state index contributed by atoms with van der Waals surface area (Å²) in [5.74, 6) is 0. The topological polar surface area (TPSA) is 6.48 Å². The average molecular weight is 491 g/mol. The van der Waals surface area contributed by atoms with E-state index in [0.717, 1.165) is 39.7 Å². The molecular formula is C36H30N2. The first-order chi connectivity index (χ1) is 18.8. The van der Waals surface area contributed by atoms with Gasteiger partial charge in [0.15, 0.2) is 0 Å². The Hall–Kier alpha value is -5.08. The molecule has 0 saturated carbocycles. The summed E-state index contributed by atoms with van der Waals surface area (Å²) in [6.45, 7) is 7.90. The Labute approximate surface area is 225 Å². The lowest BCUT2D eigenvalue weighted by Gasteiger charge is -2.26. The third kappa shape index (κ3) is 5.35. The summed E-state index contributed by atoms with van der Waals surface area (Å²) in [6, 6.07) is 48.6. The monoisotopic (exact) mass is 490 g/mol. The quantitative estimate of drug-likeness (QED) is 0.190. The van der Waals surface area contributed by atoms with Crippen LogP contribution < -0.4 is 9.80 Å². The SMILES string of the molecule is C=C/C=C(\C=C)N(c1ccccc1)c1ccc(-c2ccc(N(c3ccccc3)c3ccccc3)cc2)cc1. The summed E-state index contributed by atoms with van der Waals surface area (Å²) < 4.78 is 0. The first kappa shape index (κ1) is 24.6. The van der Waals surface area contributed by atoms with Crippen LogP contribution in [0.15, 0.2) is 177 Å². The van der Waals surface area contributed by atoms with Gasteiger partial charge in [0.05, 0.1) is 0 Å². The van der Waals surface area contributed by atoms with Crippen LogP contribution >= 0.6 is 0 Å². The molecule has 0 aliphatic carbocycles. The molecule has 184 valence electrons. The van der Waals surface area contributed by atoms with Crippen LogP contribution in [-0.2, 0) is 0 Å². The van der Waals surface area contributed by atoms with Crippen LogP contribution in [0.5, 0.6) is 0 Å². The molecule has 38 heavy (non-hydrogen) atoms. The average Bonchev–Trinajstić information content (AvgIpc) is 2.99. The first-order valence-electron chi connectivity index (χ1n) is 12.7. The highest BCUT2D eigenvalue weighted by atomic mass is 15.1. The molecule has 0 atom stereocenters. The van der Waals surface area contributed by atoms with Crippen LogP contribution in [0, 0.1) is 0 Å². The lowest BCUT2D eigenvalue weighted by Crippen LogP contribution is -2.14. The van der Waals surface area contributed by atoms with Gasteiger partial charge in [-0.2, -0.15) is 0 Å². The lowest BCUT2D eigenvalue weighted by molar-refractivity contribution is 1.21. The summed E-state index contributed by atoms with van der Waals surface area (Å²) in [6.07, 6.45) is 5.61. The molecule has 0 bridgehead atoms. The third-order valence-electron chi connectivity index (χ3n) is 6.38. The predicted octanol–water partition coefficient (Wildman–Crippen LogP) is 10.2. The summed E-state index contributed by atoms with van der Waals surface area (Å²) in [4.78, 5) is 4.45. The summed E-state index contributed by atoms with van der Waals surface area (Å²) in [5.41, 5.74) is 8.78. The smallest absolute Gasteiger partial charge is 0.0462 e. The van der Waals surface area contributed by atoms with Crippen molar-refractivity contribution in [2.45, 2.75) is 0 Å². The number of allylic oxidation sites excluding steroid dienone is 3. The summed E-state index contributed by atoms with van der Waals surface area (Å²) >= 11 is 0. The maximum atomic E-state index is 4.02. The lowest BCUT2D eigenvalue weighted by atomic mass is 10.0. The summed E-state index contributed by atoms with van der Waals surface area (Å²) in [5, 5.41) is 0. The number of anilines is 5. The van der Waals surface area contributed by atoms with Gasteiger partial charge in [0, 0.05) is 34.1 Å². The Morgan fingerprint density at radius 1 is 0.447 bits per heavy atom. The number of nitrogens with zero attached hydrogens (tertiary/aromatic N) is 2. The molecule has 5 aromatic rings. The number of hydrogen-bond donors (Lipinski definition) is 0. The normalized spacial score (nSPS) is 11.0. The number of benzene rings is 5. The van der Waals surface area contributed by atoms with E-state index in [1.807, 2.05) is 42.5 Å². The van der Waals surface area contributed by atoms with E-state index in [4.69, 9.17) is 0 Å². The molecule has 0 heterocycles. The molecule has 0 aliphatic rings. The van der Waals surface area contributed by atoms with Crippen molar-refractivity contribution in [3.8, 4) is 11.1 Å². The maximum absolute atomic E-state index is 4.02. The Morgan fingerprint density at radius 2 is 0.816 bits per heavy atom. The fourth-order valence-electron chi connectivity index (χ4n) is 4.59. The van der Waals surface area contributed by atoms with E-state index < -0.39 is 0 Å². The van der Waals surface area contributed by atoms with E-state index in [-0.39, 0.29) is 0 Å². The highest BCUT2D eigenvalue weighted by Crippen LogP contribution is 2.36. The van der Waals surface area contributed by atoms with Crippen molar-refractivity contribution in [2.75, 3.05) is 9.80 Å². The van der Waals surface area contributed by atoms with Crippen LogP contribution in [0.3, 0.4) is 0 Å². The van der Waals surface area contributed by atoms with Crippen LogP contribution in [0.2, 0.25) is 0 Å². The summed E-state index contributed by atoms with van der Waals surface area (Å²) in [7, 11) is 0. The van der Waals surface area contributed by atoms with E-state index >= 15 is 0 Å². The van der Waals surface area contributed by atoms with Crippen LogP contribution in [0.25, 0.3) is 11.1 Å². The fraction of sp³-hybridized carbons (Fsp3) is 0. The second-order valence-electron chi connectivity index (χ2n) is 8.80. The van der Waals surface area contributed by atoms with E-state index in [1.54, 1.807) is 6.08 Å². The van der Waals surface area contributed by atoms with Crippen molar-refractivity contribution in [3.05, 3.63) is 177 Å². The zero-order valence-corrected chi connectivity index (χ0v) is 21.3. The minimum Gasteiger partial charge on any atom is -0.311 e. The molecule has 0 amide bonds. The molecule has 5 rings (SSSR count). The van der Waals surface area contributed by atoms with Gasteiger partial charge < -0.3 is 9.80 Å². The van der Waals surface area contributed by atoms with Gasteiger partial charge in [-0.05, 0) is 83.9 Å². The molecule has 0 N–H and O–H groups in total. The third-order valence-corrected chi connectivity index (χ3v) is 6.38. The van der Waals surface area contributed by atoms with Crippen LogP contribution in [0.1, 0.15) is 0 Å². The highest BCUT2D eigenvalue weighted by Gasteiger charge is 2.14. The van der Waals surface area contributed by atoms with Gasteiger partial charge >= 0.3 is 0 Å². The van der Waals surface area contributed by atoms with Gasteiger partial charge in [-0.15, -0.1) is 0 Å². The molecule has 2 nitrogen and oxygen atoms in total. The molecular weight excluding hydrogens is 460 g/mol. The van der Waals surface area contributed by atoms with Crippen molar-refractivity contribution in [3.63, 3.8) is 0 Å². The Balaban J connectivity index is 1.46. The van der Waals surface area contributed by atoms with Crippen LogP contribution in [0.4, 0.5) is 28.4 Å².